The van der Waals surface area contributed by atoms with Gasteiger partial charge in [-0.2, -0.15) is 0 Å². The highest BCUT2D eigenvalue weighted by molar-refractivity contribution is 6.10. The number of fused-ring (bicyclic) bond motifs is 13. The van der Waals surface area contributed by atoms with Crippen LogP contribution in [0.3, 0.4) is 0 Å². The Morgan fingerprint density at radius 3 is 1.43 bits per heavy atom. The first-order chi connectivity index (χ1) is 34.3. The lowest BCUT2D eigenvalue weighted by Gasteiger charge is -2.32. The minimum absolute atomic E-state index is 0.436. The van der Waals surface area contributed by atoms with Crippen LogP contribution in [0.1, 0.15) is 22.3 Å². The SMILES string of the molecule is c1ccc(-c2ccccc2-c2c(-c3ccccc3)cccc2N(c2ccc(-c3cccc4c3oc3ccccc34)cc2)c2ccc3c(c2)-c2ccccc2C32c3ccccc3-c3ccccc32)cc1. The second-order valence-corrected chi connectivity index (χ2v) is 18.3. The van der Waals surface area contributed by atoms with E-state index < -0.39 is 5.41 Å². The summed E-state index contributed by atoms with van der Waals surface area (Å²) in [6.45, 7) is 0. The molecule has 0 saturated heterocycles. The molecule has 0 unspecified atom stereocenters. The van der Waals surface area contributed by atoms with Crippen LogP contribution >= 0.6 is 0 Å². The summed E-state index contributed by atoms with van der Waals surface area (Å²) >= 11 is 0. The lowest BCUT2D eigenvalue weighted by atomic mass is 9.70. The Morgan fingerprint density at radius 1 is 0.290 bits per heavy atom. The molecule has 0 saturated carbocycles. The molecule has 0 atom stereocenters. The number of hydrogen-bond acceptors (Lipinski definition) is 2. The monoisotopic (exact) mass is 877 g/mol. The zero-order valence-corrected chi connectivity index (χ0v) is 37.7. The van der Waals surface area contributed by atoms with E-state index in [0.29, 0.717) is 0 Å². The maximum absolute atomic E-state index is 6.57. The molecule has 69 heavy (non-hydrogen) atoms. The van der Waals surface area contributed by atoms with Gasteiger partial charge in [0, 0.05) is 33.3 Å². The van der Waals surface area contributed by atoms with Crippen LogP contribution in [0.25, 0.3) is 88.7 Å². The summed E-state index contributed by atoms with van der Waals surface area (Å²) in [7, 11) is 0. The Bertz CT molecular complexity index is 3910. The van der Waals surface area contributed by atoms with Crippen molar-refractivity contribution in [2.45, 2.75) is 5.41 Å². The summed E-state index contributed by atoms with van der Waals surface area (Å²) in [5.74, 6) is 0. The molecule has 11 aromatic carbocycles. The van der Waals surface area contributed by atoms with Crippen LogP contribution in [-0.2, 0) is 5.41 Å². The minimum Gasteiger partial charge on any atom is -0.455 e. The molecule has 0 bridgehead atoms. The van der Waals surface area contributed by atoms with E-state index >= 15 is 0 Å². The van der Waals surface area contributed by atoms with Crippen molar-refractivity contribution in [1.29, 1.82) is 0 Å². The predicted octanol–water partition coefficient (Wildman–Crippen LogP) is 18.1. The van der Waals surface area contributed by atoms with Gasteiger partial charge >= 0.3 is 0 Å². The van der Waals surface area contributed by atoms with E-state index in [4.69, 9.17) is 4.42 Å². The van der Waals surface area contributed by atoms with E-state index in [9.17, 15) is 0 Å². The fraction of sp³-hybridized carbons (Fsp3) is 0.0149. The van der Waals surface area contributed by atoms with Crippen LogP contribution < -0.4 is 4.90 Å². The van der Waals surface area contributed by atoms with E-state index in [1.54, 1.807) is 0 Å². The lowest BCUT2D eigenvalue weighted by molar-refractivity contribution is 0.670. The summed E-state index contributed by atoms with van der Waals surface area (Å²) in [5, 5.41) is 2.25. The largest absolute Gasteiger partial charge is 0.455 e. The number of benzene rings is 11. The van der Waals surface area contributed by atoms with Crippen molar-refractivity contribution in [3.05, 3.63) is 283 Å². The highest BCUT2D eigenvalue weighted by Gasteiger charge is 2.51. The van der Waals surface area contributed by atoms with Crippen molar-refractivity contribution >= 4 is 39.0 Å². The topological polar surface area (TPSA) is 16.4 Å². The number of hydrogen-bond donors (Lipinski definition) is 0. The fourth-order valence-electron chi connectivity index (χ4n) is 11.9. The molecule has 0 aliphatic heterocycles. The van der Waals surface area contributed by atoms with Gasteiger partial charge in [-0.05, 0) is 114 Å². The Kier molecular flexibility index (Phi) is 8.84. The zero-order chi connectivity index (χ0) is 45.5. The van der Waals surface area contributed by atoms with Crippen molar-refractivity contribution in [1.82, 2.24) is 0 Å². The molecule has 0 fully saturated rings. The van der Waals surface area contributed by atoms with Gasteiger partial charge in [-0.3, -0.25) is 0 Å². The quantitative estimate of drug-likeness (QED) is 0.159. The highest BCUT2D eigenvalue weighted by atomic mass is 16.3. The zero-order valence-electron chi connectivity index (χ0n) is 37.7. The van der Waals surface area contributed by atoms with E-state index in [2.05, 4.69) is 260 Å². The van der Waals surface area contributed by atoms with Crippen molar-refractivity contribution in [2.75, 3.05) is 4.90 Å². The summed E-state index contributed by atoms with van der Waals surface area (Å²) in [6.07, 6.45) is 0. The molecular weight excluding hydrogens is 835 g/mol. The molecule has 0 N–H and O–H groups in total. The molecule has 1 spiro atoms. The van der Waals surface area contributed by atoms with Crippen molar-refractivity contribution in [3.8, 4) is 66.8 Å². The molecule has 0 radical (unpaired) electrons. The highest BCUT2D eigenvalue weighted by Crippen LogP contribution is 2.63. The standard InChI is InChI=1S/C67H43NO/c1-3-19-44(20-4-1)49-23-7-8-28-56(49)65-50(45-21-5-2-6-22-45)29-18-35-63(65)68(47-39-37-46(38-40-47)51-30-17-31-57-55-27-12-16-36-64(55)69-66(51)57)48-41-42-62-58(43-48)54-26-11-15-34-61(54)67(62)59-32-13-9-24-52(59)53-25-10-14-33-60(53)67/h1-43H. The van der Waals surface area contributed by atoms with E-state index in [0.717, 1.165) is 61.3 Å². The van der Waals surface area contributed by atoms with Gasteiger partial charge in [0.2, 0.25) is 0 Å². The molecule has 2 aliphatic carbocycles. The van der Waals surface area contributed by atoms with Crippen molar-refractivity contribution in [3.63, 3.8) is 0 Å². The van der Waals surface area contributed by atoms with E-state index in [-0.39, 0.29) is 0 Å². The van der Waals surface area contributed by atoms with Gasteiger partial charge in [-0.1, -0.05) is 224 Å². The van der Waals surface area contributed by atoms with Gasteiger partial charge in [0.05, 0.1) is 11.1 Å². The lowest BCUT2D eigenvalue weighted by Crippen LogP contribution is -2.25. The van der Waals surface area contributed by atoms with Crippen LogP contribution in [-0.4, -0.2) is 0 Å². The van der Waals surface area contributed by atoms with Crippen LogP contribution in [0, 0.1) is 0 Å². The molecule has 2 nitrogen and oxygen atoms in total. The summed E-state index contributed by atoms with van der Waals surface area (Å²) in [6, 6.07) is 95.6. The summed E-state index contributed by atoms with van der Waals surface area (Å²) in [4.78, 5) is 2.49. The van der Waals surface area contributed by atoms with Crippen LogP contribution in [0.5, 0.6) is 0 Å². The molecular formula is C67H43NO. The number of nitrogens with zero attached hydrogens (tertiary/aromatic N) is 1. The molecule has 14 rings (SSSR count). The third-order valence-electron chi connectivity index (χ3n) is 14.7. The second kappa shape index (κ2) is 15.6. The predicted molar refractivity (Wildman–Crippen MR) is 286 cm³/mol. The van der Waals surface area contributed by atoms with Crippen LogP contribution in [0.2, 0.25) is 0 Å². The number of furan rings is 1. The third-order valence-corrected chi connectivity index (χ3v) is 14.7. The normalized spacial score (nSPS) is 12.8. The van der Waals surface area contributed by atoms with Gasteiger partial charge in [-0.15, -0.1) is 0 Å². The second-order valence-electron chi connectivity index (χ2n) is 18.3. The summed E-state index contributed by atoms with van der Waals surface area (Å²) < 4.78 is 6.57. The van der Waals surface area contributed by atoms with Gasteiger partial charge in [-0.25, -0.2) is 0 Å². The summed E-state index contributed by atoms with van der Waals surface area (Å²) in [5.41, 5.74) is 24.2. The average Bonchev–Trinajstić information content (AvgIpc) is 4.06. The van der Waals surface area contributed by atoms with Gasteiger partial charge in [0.25, 0.3) is 0 Å². The molecule has 2 aliphatic rings. The van der Waals surface area contributed by atoms with Gasteiger partial charge in [0.15, 0.2) is 0 Å². The molecule has 0 amide bonds. The first kappa shape index (κ1) is 39.2. The fourth-order valence-corrected chi connectivity index (χ4v) is 11.9. The minimum atomic E-state index is -0.436. The number of rotatable bonds is 7. The molecule has 1 heterocycles. The Hall–Kier alpha value is -8.98. The van der Waals surface area contributed by atoms with E-state index in [1.165, 1.54) is 66.8 Å². The number of para-hydroxylation sites is 2. The Labute approximate surface area is 401 Å². The first-order valence-corrected chi connectivity index (χ1v) is 23.8. The van der Waals surface area contributed by atoms with Crippen molar-refractivity contribution in [2.24, 2.45) is 0 Å². The maximum atomic E-state index is 6.57. The average molecular weight is 878 g/mol. The molecule has 12 aromatic rings. The first-order valence-electron chi connectivity index (χ1n) is 23.8. The molecule has 322 valence electrons. The third kappa shape index (κ3) is 5.86. The molecule has 2 heteroatoms. The Balaban J connectivity index is 1.03. The van der Waals surface area contributed by atoms with Gasteiger partial charge in [0.1, 0.15) is 11.2 Å². The number of anilines is 3. The molecule has 1 aromatic heterocycles. The van der Waals surface area contributed by atoms with Gasteiger partial charge < -0.3 is 9.32 Å². The van der Waals surface area contributed by atoms with Crippen LogP contribution in [0.15, 0.2) is 265 Å². The smallest absolute Gasteiger partial charge is 0.143 e. The van der Waals surface area contributed by atoms with Crippen LogP contribution in [0.4, 0.5) is 17.1 Å². The van der Waals surface area contributed by atoms with Crippen molar-refractivity contribution < 1.29 is 4.42 Å². The van der Waals surface area contributed by atoms with E-state index in [1.807, 2.05) is 6.07 Å². The maximum Gasteiger partial charge on any atom is 0.143 e. The Morgan fingerprint density at radius 2 is 0.754 bits per heavy atom.